The van der Waals surface area contributed by atoms with Crippen LogP contribution in [0.15, 0.2) is 30.3 Å². The molecule has 0 fully saturated rings. The van der Waals surface area contributed by atoms with Gasteiger partial charge in [0, 0.05) is 11.7 Å². The molecule has 0 heterocycles. The van der Waals surface area contributed by atoms with Crippen molar-refractivity contribution in [3.05, 3.63) is 30.3 Å². The van der Waals surface area contributed by atoms with Crippen molar-refractivity contribution in [3.8, 4) is 0 Å². The second-order valence-electron chi connectivity index (χ2n) is 2.67. The quantitative estimate of drug-likeness (QED) is 0.649. The Labute approximate surface area is 90.5 Å². The molecule has 0 saturated heterocycles. The standard InChI is InChI=1S/C9H13N.Na.H/c1-8(2)10-9-6-4-3-5-7-9;;/h3-8,10H,1-2H3;;. The van der Waals surface area contributed by atoms with Gasteiger partial charge in [0.25, 0.3) is 0 Å². The normalized spacial score (nSPS) is 9.00. The van der Waals surface area contributed by atoms with Crippen LogP contribution in [0.5, 0.6) is 0 Å². The molecule has 0 aliphatic heterocycles. The van der Waals surface area contributed by atoms with Crippen molar-refractivity contribution in [2.75, 3.05) is 5.32 Å². The van der Waals surface area contributed by atoms with Crippen LogP contribution >= 0.6 is 0 Å². The second-order valence-corrected chi connectivity index (χ2v) is 2.67. The summed E-state index contributed by atoms with van der Waals surface area (Å²) in [5, 5.41) is 3.30. The van der Waals surface area contributed by atoms with E-state index in [4.69, 9.17) is 0 Å². The van der Waals surface area contributed by atoms with Crippen molar-refractivity contribution >= 4 is 35.2 Å². The Bertz CT molecular complexity index is 184. The number of para-hydroxylation sites is 1. The number of benzene rings is 1. The molecule has 1 aromatic carbocycles. The fourth-order valence-electron chi connectivity index (χ4n) is 0.868. The van der Waals surface area contributed by atoms with Gasteiger partial charge in [-0.05, 0) is 26.0 Å². The summed E-state index contributed by atoms with van der Waals surface area (Å²) < 4.78 is 0. The number of rotatable bonds is 2. The molecule has 1 rings (SSSR count). The molecular formula is C9H14NNa. The zero-order valence-corrected chi connectivity index (χ0v) is 6.46. The van der Waals surface area contributed by atoms with Crippen LogP contribution in [-0.4, -0.2) is 35.6 Å². The summed E-state index contributed by atoms with van der Waals surface area (Å²) in [5.74, 6) is 0. The molecule has 0 bridgehead atoms. The van der Waals surface area contributed by atoms with Gasteiger partial charge in [-0.15, -0.1) is 0 Å². The first-order valence-electron chi connectivity index (χ1n) is 3.60. The first kappa shape index (κ1) is 11.0. The number of nitrogens with one attached hydrogen (secondary N) is 1. The van der Waals surface area contributed by atoms with E-state index in [2.05, 4.69) is 31.3 Å². The predicted octanol–water partition coefficient (Wildman–Crippen LogP) is 1.86. The maximum absolute atomic E-state index is 3.30. The van der Waals surface area contributed by atoms with Crippen molar-refractivity contribution in [1.82, 2.24) is 0 Å². The third kappa shape index (κ3) is 4.46. The zero-order chi connectivity index (χ0) is 7.40. The fraction of sp³-hybridized carbons (Fsp3) is 0.333. The van der Waals surface area contributed by atoms with Gasteiger partial charge >= 0.3 is 29.6 Å². The van der Waals surface area contributed by atoms with Gasteiger partial charge < -0.3 is 5.32 Å². The molecule has 1 aromatic rings. The molecule has 0 spiro atoms. The molecule has 0 aliphatic rings. The monoisotopic (exact) mass is 159 g/mol. The van der Waals surface area contributed by atoms with E-state index in [0.29, 0.717) is 6.04 Å². The van der Waals surface area contributed by atoms with E-state index >= 15 is 0 Å². The van der Waals surface area contributed by atoms with Crippen molar-refractivity contribution in [1.29, 1.82) is 0 Å². The summed E-state index contributed by atoms with van der Waals surface area (Å²) in [6, 6.07) is 10.7. The molecule has 2 heteroatoms. The van der Waals surface area contributed by atoms with Crippen LogP contribution in [0.2, 0.25) is 0 Å². The van der Waals surface area contributed by atoms with Gasteiger partial charge in [-0.1, -0.05) is 18.2 Å². The first-order chi connectivity index (χ1) is 4.79. The van der Waals surface area contributed by atoms with Gasteiger partial charge in [0.15, 0.2) is 0 Å². The number of hydrogen-bond acceptors (Lipinski definition) is 1. The molecule has 0 saturated carbocycles. The Morgan fingerprint density at radius 2 is 1.64 bits per heavy atom. The van der Waals surface area contributed by atoms with E-state index in [-0.39, 0.29) is 29.6 Å². The van der Waals surface area contributed by atoms with Gasteiger partial charge in [-0.3, -0.25) is 0 Å². The molecular weight excluding hydrogens is 145 g/mol. The minimum absolute atomic E-state index is 0. The molecule has 0 aliphatic carbocycles. The third-order valence-electron chi connectivity index (χ3n) is 1.23. The van der Waals surface area contributed by atoms with Crippen LogP contribution in [0, 0.1) is 0 Å². The molecule has 0 radical (unpaired) electrons. The van der Waals surface area contributed by atoms with Gasteiger partial charge in [0.1, 0.15) is 0 Å². The summed E-state index contributed by atoms with van der Waals surface area (Å²) in [4.78, 5) is 0. The van der Waals surface area contributed by atoms with Gasteiger partial charge in [-0.25, -0.2) is 0 Å². The Morgan fingerprint density at radius 1 is 1.09 bits per heavy atom. The van der Waals surface area contributed by atoms with E-state index in [1.807, 2.05) is 18.2 Å². The summed E-state index contributed by atoms with van der Waals surface area (Å²) in [6.45, 7) is 4.26. The zero-order valence-electron chi connectivity index (χ0n) is 6.46. The van der Waals surface area contributed by atoms with Crippen molar-refractivity contribution < 1.29 is 0 Å². The Balaban J connectivity index is 0.000001000. The molecule has 11 heavy (non-hydrogen) atoms. The summed E-state index contributed by atoms with van der Waals surface area (Å²) >= 11 is 0. The number of hydrogen-bond donors (Lipinski definition) is 1. The maximum atomic E-state index is 3.30. The van der Waals surface area contributed by atoms with Crippen molar-refractivity contribution in [2.24, 2.45) is 0 Å². The van der Waals surface area contributed by atoms with E-state index < -0.39 is 0 Å². The van der Waals surface area contributed by atoms with E-state index in [1.54, 1.807) is 0 Å². The van der Waals surface area contributed by atoms with Crippen molar-refractivity contribution in [3.63, 3.8) is 0 Å². The SMILES string of the molecule is CC(C)Nc1ccccc1.[NaH]. The van der Waals surface area contributed by atoms with Gasteiger partial charge in [0.05, 0.1) is 0 Å². The van der Waals surface area contributed by atoms with Crippen LogP contribution in [-0.2, 0) is 0 Å². The minimum atomic E-state index is 0. The van der Waals surface area contributed by atoms with Crippen molar-refractivity contribution in [2.45, 2.75) is 19.9 Å². The Kier molecular flexibility index (Phi) is 5.65. The Hall–Kier alpha value is 0.0200. The van der Waals surface area contributed by atoms with E-state index in [9.17, 15) is 0 Å². The molecule has 56 valence electrons. The molecule has 0 atom stereocenters. The third-order valence-corrected chi connectivity index (χ3v) is 1.23. The molecule has 0 amide bonds. The van der Waals surface area contributed by atoms with Crippen LogP contribution in [0.3, 0.4) is 0 Å². The topological polar surface area (TPSA) is 12.0 Å². The second kappa shape index (κ2) is 5.64. The van der Waals surface area contributed by atoms with Crippen LogP contribution in [0.25, 0.3) is 0 Å². The summed E-state index contributed by atoms with van der Waals surface area (Å²) in [5.41, 5.74) is 1.19. The van der Waals surface area contributed by atoms with Crippen LogP contribution < -0.4 is 5.32 Å². The molecule has 1 N–H and O–H groups in total. The fourth-order valence-corrected chi connectivity index (χ4v) is 0.868. The van der Waals surface area contributed by atoms with E-state index in [1.165, 1.54) is 5.69 Å². The average molecular weight is 159 g/mol. The van der Waals surface area contributed by atoms with Crippen LogP contribution in [0.4, 0.5) is 5.69 Å². The van der Waals surface area contributed by atoms with Gasteiger partial charge in [0.2, 0.25) is 0 Å². The summed E-state index contributed by atoms with van der Waals surface area (Å²) in [6.07, 6.45) is 0. The van der Waals surface area contributed by atoms with Gasteiger partial charge in [-0.2, -0.15) is 0 Å². The molecule has 1 nitrogen and oxygen atoms in total. The molecule has 0 unspecified atom stereocenters. The Morgan fingerprint density at radius 3 is 2.09 bits per heavy atom. The molecule has 0 aromatic heterocycles. The number of anilines is 1. The predicted molar refractivity (Wildman–Crippen MR) is 52.3 cm³/mol. The average Bonchev–Trinajstić information content (AvgIpc) is 1.88. The van der Waals surface area contributed by atoms with Crippen LogP contribution in [0.1, 0.15) is 13.8 Å². The first-order valence-corrected chi connectivity index (χ1v) is 3.60. The summed E-state index contributed by atoms with van der Waals surface area (Å²) in [7, 11) is 0. The van der Waals surface area contributed by atoms with E-state index in [0.717, 1.165) is 0 Å².